The molecule has 0 saturated heterocycles. The fourth-order valence-corrected chi connectivity index (χ4v) is 1.07. The second-order valence-electron chi connectivity index (χ2n) is 4.76. The zero-order valence-electron chi connectivity index (χ0n) is 9.59. The fraction of sp³-hybridized carbons (Fsp3) is 0.600. The Morgan fingerprint density at radius 3 is 2.60 bits per heavy atom. The smallest absolute Gasteiger partial charge is 0.242 e. The minimum Gasteiger partial charge on any atom is -0.319 e. The number of hydrogen-bond donors (Lipinski definition) is 3. The lowest BCUT2D eigenvalue weighted by atomic mass is 9.87. The van der Waals surface area contributed by atoms with Crippen molar-refractivity contribution in [3.05, 3.63) is 11.8 Å². The Hall–Kier alpha value is -1.36. The van der Waals surface area contributed by atoms with Crippen LogP contribution in [0.5, 0.6) is 0 Å². The summed E-state index contributed by atoms with van der Waals surface area (Å²) >= 11 is 0. The quantitative estimate of drug-likeness (QED) is 0.681. The van der Waals surface area contributed by atoms with Crippen LogP contribution in [-0.4, -0.2) is 22.1 Å². The van der Waals surface area contributed by atoms with Crippen LogP contribution in [0.15, 0.2) is 6.20 Å². The van der Waals surface area contributed by atoms with E-state index >= 15 is 0 Å². The molecule has 0 aliphatic heterocycles. The zero-order valence-corrected chi connectivity index (χ0v) is 9.59. The van der Waals surface area contributed by atoms with Crippen molar-refractivity contribution < 1.29 is 4.79 Å². The van der Waals surface area contributed by atoms with Crippen molar-refractivity contribution >= 4 is 11.7 Å². The van der Waals surface area contributed by atoms with Crippen LogP contribution in [0, 0.1) is 12.3 Å². The maximum absolute atomic E-state index is 11.7. The first-order valence-electron chi connectivity index (χ1n) is 4.89. The summed E-state index contributed by atoms with van der Waals surface area (Å²) in [6.07, 6.45) is 1.65. The van der Waals surface area contributed by atoms with Crippen LogP contribution >= 0.6 is 0 Å². The van der Waals surface area contributed by atoms with Crippen LogP contribution in [0.1, 0.15) is 26.3 Å². The number of nitrogens with zero attached hydrogens (tertiary/aromatic N) is 1. The van der Waals surface area contributed by atoms with Crippen LogP contribution in [0.3, 0.4) is 0 Å². The number of nitrogens with one attached hydrogen (secondary N) is 2. The average Bonchev–Trinajstić information content (AvgIpc) is 2.49. The maximum Gasteiger partial charge on any atom is 0.242 e. The monoisotopic (exact) mass is 210 g/mol. The van der Waals surface area contributed by atoms with Gasteiger partial charge in [-0.15, -0.1) is 0 Å². The van der Waals surface area contributed by atoms with Gasteiger partial charge < -0.3 is 11.1 Å². The second-order valence-corrected chi connectivity index (χ2v) is 4.76. The lowest BCUT2D eigenvalue weighted by Gasteiger charge is -2.25. The number of anilines is 1. The number of aryl methyl sites for hydroxylation is 1. The molecule has 1 aromatic heterocycles. The molecule has 0 radical (unpaired) electrons. The van der Waals surface area contributed by atoms with Crippen molar-refractivity contribution in [2.75, 3.05) is 5.32 Å². The Balaban J connectivity index is 2.69. The third kappa shape index (κ3) is 2.79. The first kappa shape index (κ1) is 11.7. The highest BCUT2D eigenvalue weighted by Crippen LogP contribution is 2.19. The molecule has 0 saturated carbocycles. The van der Waals surface area contributed by atoms with Crippen LogP contribution in [0.4, 0.5) is 5.82 Å². The lowest BCUT2D eigenvalue weighted by molar-refractivity contribution is -0.119. The van der Waals surface area contributed by atoms with Crippen molar-refractivity contribution in [3.8, 4) is 0 Å². The van der Waals surface area contributed by atoms with Gasteiger partial charge >= 0.3 is 0 Å². The summed E-state index contributed by atoms with van der Waals surface area (Å²) in [7, 11) is 0. The largest absolute Gasteiger partial charge is 0.319 e. The van der Waals surface area contributed by atoms with Crippen LogP contribution in [-0.2, 0) is 4.79 Å². The molecular formula is C10H18N4O. The highest BCUT2D eigenvalue weighted by molar-refractivity contribution is 5.94. The predicted octanol–water partition coefficient (Wildman–Crippen LogP) is 1.03. The van der Waals surface area contributed by atoms with E-state index in [1.165, 1.54) is 0 Å². The van der Waals surface area contributed by atoms with E-state index in [0.717, 1.165) is 5.56 Å². The average molecular weight is 210 g/mol. The number of hydrogen-bond acceptors (Lipinski definition) is 3. The zero-order chi connectivity index (χ0) is 11.6. The van der Waals surface area contributed by atoms with Crippen LogP contribution < -0.4 is 11.1 Å². The van der Waals surface area contributed by atoms with Gasteiger partial charge in [-0.05, 0) is 12.3 Å². The summed E-state index contributed by atoms with van der Waals surface area (Å²) in [5.74, 6) is 0.412. The molecular weight excluding hydrogens is 192 g/mol. The van der Waals surface area contributed by atoms with E-state index < -0.39 is 6.04 Å². The fourth-order valence-electron chi connectivity index (χ4n) is 1.07. The van der Waals surface area contributed by atoms with Crippen molar-refractivity contribution in [2.24, 2.45) is 11.1 Å². The van der Waals surface area contributed by atoms with Gasteiger partial charge in [0.15, 0.2) is 0 Å². The van der Waals surface area contributed by atoms with E-state index in [4.69, 9.17) is 5.73 Å². The molecule has 0 fully saturated rings. The molecule has 0 unspecified atom stereocenters. The topological polar surface area (TPSA) is 83.8 Å². The van der Waals surface area contributed by atoms with Gasteiger partial charge in [0.1, 0.15) is 5.82 Å². The molecule has 0 aliphatic carbocycles. The maximum atomic E-state index is 11.7. The van der Waals surface area contributed by atoms with E-state index in [2.05, 4.69) is 15.5 Å². The van der Waals surface area contributed by atoms with E-state index in [1.54, 1.807) is 6.20 Å². The van der Waals surface area contributed by atoms with Gasteiger partial charge in [0.2, 0.25) is 5.91 Å². The number of rotatable bonds is 2. The number of carbonyl (C=O) groups excluding carboxylic acids is 1. The molecule has 1 amide bonds. The minimum atomic E-state index is -0.541. The number of carbonyl (C=O) groups is 1. The van der Waals surface area contributed by atoms with Crippen molar-refractivity contribution in [2.45, 2.75) is 33.7 Å². The van der Waals surface area contributed by atoms with Gasteiger partial charge in [-0.1, -0.05) is 20.8 Å². The number of aromatic nitrogens is 2. The third-order valence-electron chi connectivity index (χ3n) is 2.29. The second kappa shape index (κ2) is 4.02. The van der Waals surface area contributed by atoms with Gasteiger partial charge in [-0.2, -0.15) is 5.10 Å². The molecule has 1 rings (SSSR count). The van der Waals surface area contributed by atoms with E-state index in [0.29, 0.717) is 5.82 Å². The van der Waals surface area contributed by atoms with Gasteiger partial charge in [0.25, 0.3) is 0 Å². The van der Waals surface area contributed by atoms with Gasteiger partial charge in [-0.3, -0.25) is 9.89 Å². The molecule has 0 bridgehead atoms. The Kier molecular flexibility index (Phi) is 3.14. The van der Waals surface area contributed by atoms with E-state index in [-0.39, 0.29) is 11.3 Å². The standard InChI is InChI=1S/C10H18N4O/c1-6-5-12-14-8(6)13-9(15)7(11)10(2,3)4/h5,7H,11H2,1-4H3,(H2,12,13,14,15)/t7-/m0/s1. The number of H-pyrrole nitrogens is 1. The predicted molar refractivity (Wildman–Crippen MR) is 59.4 cm³/mol. The van der Waals surface area contributed by atoms with Gasteiger partial charge in [-0.25, -0.2) is 0 Å². The lowest BCUT2D eigenvalue weighted by Crippen LogP contribution is -2.45. The summed E-state index contributed by atoms with van der Waals surface area (Å²) in [5.41, 5.74) is 6.46. The number of aromatic amines is 1. The van der Waals surface area contributed by atoms with Crippen LogP contribution in [0.25, 0.3) is 0 Å². The number of amides is 1. The first-order chi connectivity index (χ1) is 6.82. The summed E-state index contributed by atoms with van der Waals surface area (Å²) in [6.45, 7) is 7.65. The molecule has 0 aromatic carbocycles. The first-order valence-corrected chi connectivity index (χ1v) is 4.89. The van der Waals surface area contributed by atoms with Crippen molar-refractivity contribution in [3.63, 3.8) is 0 Å². The Morgan fingerprint density at radius 2 is 2.20 bits per heavy atom. The Labute approximate surface area is 89.4 Å². The van der Waals surface area contributed by atoms with Gasteiger partial charge in [0.05, 0.1) is 12.2 Å². The molecule has 84 valence electrons. The SMILES string of the molecule is Cc1cn[nH]c1NC(=O)[C@H](N)C(C)(C)C. The molecule has 4 N–H and O–H groups in total. The summed E-state index contributed by atoms with van der Waals surface area (Å²) in [5, 5.41) is 9.24. The van der Waals surface area contributed by atoms with E-state index in [9.17, 15) is 4.79 Å². The molecule has 0 aliphatic rings. The molecule has 5 nitrogen and oxygen atoms in total. The van der Waals surface area contributed by atoms with Crippen molar-refractivity contribution in [1.82, 2.24) is 10.2 Å². The highest BCUT2D eigenvalue weighted by Gasteiger charge is 2.27. The van der Waals surface area contributed by atoms with Gasteiger partial charge in [0, 0.05) is 5.56 Å². The molecule has 1 atom stereocenters. The molecule has 1 aromatic rings. The summed E-state index contributed by atoms with van der Waals surface area (Å²) < 4.78 is 0. The molecule has 1 heterocycles. The Morgan fingerprint density at radius 1 is 1.60 bits per heavy atom. The number of nitrogens with two attached hydrogens (primary N) is 1. The highest BCUT2D eigenvalue weighted by atomic mass is 16.2. The third-order valence-corrected chi connectivity index (χ3v) is 2.29. The van der Waals surface area contributed by atoms with Crippen molar-refractivity contribution in [1.29, 1.82) is 0 Å². The Bertz CT molecular complexity index is 351. The summed E-state index contributed by atoms with van der Waals surface area (Å²) in [6, 6.07) is -0.541. The summed E-state index contributed by atoms with van der Waals surface area (Å²) in [4.78, 5) is 11.7. The molecule has 0 spiro atoms. The normalized spacial score (nSPS) is 13.7. The van der Waals surface area contributed by atoms with E-state index in [1.807, 2.05) is 27.7 Å². The minimum absolute atomic E-state index is 0.199. The molecule has 5 heteroatoms. The van der Waals surface area contributed by atoms with Crippen LogP contribution in [0.2, 0.25) is 0 Å². The molecule has 15 heavy (non-hydrogen) atoms.